The van der Waals surface area contributed by atoms with E-state index in [0.29, 0.717) is 6.04 Å². The first-order chi connectivity index (χ1) is 9.08. The van der Waals surface area contributed by atoms with Crippen LogP contribution in [0.3, 0.4) is 0 Å². The van der Waals surface area contributed by atoms with Crippen molar-refractivity contribution in [3.8, 4) is 0 Å². The molecule has 1 aromatic rings. The zero-order valence-electron chi connectivity index (χ0n) is 13.6. The molecule has 2 heterocycles. The molecule has 1 aliphatic heterocycles. The molecule has 0 saturated carbocycles. The molecule has 1 aliphatic rings. The molecule has 5 heteroatoms. The van der Waals surface area contributed by atoms with E-state index in [4.69, 9.17) is 4.42 Å². The predicted octanol–water partition coefficient (Wildman–Crippen LogP) is 4.12. The fraction of sp³-hybridized carbons (Fsp3) is 0.750. The Morgan fingerprint density at radius 1 is 1.14 bits per heavy atom. The van der Waals surface area contributed by atoms with E-state index in [9.17, 15) is 0 Å². The van der Waals surface area contributed by atoms with E-state index in [1.165, 1.54) is 18.4 Å². The summed E-state index contributed by atoms with van der Waals surface area (Å²) >= 11 is 0. The van der Waals surface area contributed by atoms with Crippen LogP contribution in [0, 0.1) is 19.8 Å². The summed E-state index contributed by atoms with van der Waals surface area (Å²) in [5, 5.41) is 3.43. The molecule has 0 radical (unpaired) electrons. The van der Waals surface area contributed by atoms with Crippen molar-refractivity contribution in [2.45, 2.75) is 46.6 Å². The van der Waals surface area contributed by atoms with Crippen LogP contribution in [-0.2, 0) is 0 Å². The highest BCUT2D eigenvalue weighted by Crippen LogP contribution is 2.30. The van der Waals surface area contributed by atoms with Crippen LogP contribution in [0.25, 0.3) is 0 Å². The molecule has 1 atom stereocenters. The molecule has 1 aromatic heterocycles. The highest BCUT2D eigenvalue weighted by Gasteiger charge is 2.25. The third-order valence-electron chi connectivity index (χ3n) is 4.12. The van der Waals surface area contributed by atoms with Crippen LogP contribution < -0.4 is 5.32 Å². The Morgan fingerprint density at radius 2 is 1.76 bits per heavy atom. The summed E-state index contributed by atoms with van der Waals surface area (Å²) in [6, 6.07) is 2.69. The quantitative estimate of drug-likeness (QED) is 0.876. The second-order valence-electron chi connectivity index (χ2n) is 6.16. The summed E-state index contributed by atoms with van der Waals surface area (Å²) in [6.07, 6.45) is 2.46. The Bertz CT molecular complexity index is 381. The van der Waals surface area contributed by atoms with E-state index in [2.05, 4.69) is 44.0 Å². The van der Waals surface area contributed by atoms with Gasteiger partial charge in [0.25, 0.3) is 0 Å². The first-order valence-electron chi connectivity index (χ1n) is 7.59. The normalized spacial score (nSPS) is 17.2. The Kier molecular flexibility index (Phi) is 9.63. The Balaban J connectivity index is 0.00000200. The molecule has 0 spiro atoms. The van der Waals surface area contributed by atoms with Crippen molar-refractivity contribution in [1.29, 1.82) is 0 Å². The number of hydrogen-bond donors (Lipinski definition) is 1. The highest BCUT2D eigenvalue weighted by molar-refractivity contribution is 5.85. The summed E-state index contributed by atoms with van der Waals surface area (Å²) in [5.41, 5.74) is 1.28. The first kappa shape index (κ1) is 20.8. The maximum atomic E-state index is 6.00. The summed E-state index contributed by atoms with van der Waals surface area (Å²) in [4.78, 5) is 2.58. The van der Waals surface area contributed by atoms with Gasteiger partial charge in [-0.25, -0.2) is 0 Å². The summed E-state index contributed by atoms with van der Waals surface area (Å²) < 4.78 is 6.00. The van der Waals surface area contributed by atoms with E-state index >= 15 is 0 Å². The van der Waals surface area contributed by atoms with Gasteiger partial charge in [-0.3, -0.25) is 4.90 Å². The second kappa shape index (κ2) is 9.73. The predicted molar refractivity (Wildman–Crippen MR) is 93.9 cm³/mol. The molecule has 0 bridgehead atoms. The van der Waals surface area contributed by atoms with Crippen LogP contribution in [-0.4, -0.2) is 31.1 Å². The van der Waals surface area contributed by atoms with Gasteiger partial charge in [0.05, 0.1) is 6.04 Å². The number of nitrogens with zero attached hydrogens (tertiary/aromatic N) is 1. The van der Waals surface area contributed by atoms with Gasteiger partial charge in [-0.1, -0.05) is 13.8 Å². The molecule has 3 nitrogen and oxygen atoms in total. The molecule has 0 amide bonds. The van der Waals surface area contributed by atoms with Gasteiger partial charge in [-0.05, 0) is 44.2 Å². The number of aryl methyl sites for hydroxylation is 2. The lowest BCUT2D eigenvalue weighted by atomic mass is 9.99. The van der Waals surface area contributed by atoms with E-state index in [1.807, 2.05) is 0 Å². The summed E-state index contributed by atoms with van der Waals surface area (Å²) in [7, 11) is 0. The fourth-order valence-corrected chi connectivity index (χ4v) is 2.76. The topological polar surface area (TPSA) is 28.4 Å². The van der Waals surface area contributed by atoms with Crippen molar-refractivity contribution in [3.05, 3.63) is 23.2 Å². The maximum absolute atomic E-state index is 6.00. The molecular weight excluding hydrogens is 307 g/mol. The molecule has 21 heavy (non-hydrogen) atoms. The molecule has 0 unspecified atom stereocenters. The van der Waals surface area contributed by atoms with Gasteiger partial charge in [0.15, 0.2) is 0 Å². The lowest BCUT2D eigenvalue weighted by molar-refractivity contribution is 0.140. The van der Waals surface area contributed by atoms with Gasteiger partial charge < -0.3 is 9.73 Å². The third-order valence-corrected chi connectivity index (χ3v) is 4.12. The molecule has 124 valence electrons. The Morgan fingerprint density at radius 3 is 2.24 bits per heavy atom. The minimum absolute atomic E-state index is 0. The minimum atomic E-state index is 0. The molecule has 1 fully saturated rings. The average molecular weight is 337 g/mol. The Hall–Kier alpha value is -0.220. The monoisotopic (exact) mass is 336 g/mol. The van der Waals surface area contributed by atoms with Crippen LogP contribution in [0.4, 0.5) is 0 Å². The molecule has 1 saturated heterocycles. The van der Waals surface area contributed by atoms with Gasteiger partial charge in [0.1, 0.15) is 11.5 Å². The van der Waals surface area contributed by atoms with Crippen LogP contribution in [0.5, 0.6) is 0 Å². The number of halogens is 2. The van der Waals surface area contributed by atoms with Crippen LogP contribution >= 0.6 is 24.8 Å². The van der Waals surface area contributed by atoms with Crippen LogP contribution in [0.2, 0.25) is 0 Å². The molecule has 1 N–H and O–H groups in total. The van der Waals surface area contributed by atoms with E-state index in [-0.39, 0.29) is 24.8 Å². The van der Waals surface area contributed by atoms with E-state index < -0.39 is 0 Å². The summed E-state index contributed by atoms with van der Waals surface area (Å²) in [6.45, 7) is 13.2. The molecular formula is C16H30Cl2N2O. The largest absolute Gasteiger partial charge is 0.464 e. The molecule has 2 rings (SSSR count). The van der Waals surface area contributed by atoms with Crippen molar-refractivity contribution in [2.24, 2.45) is 5.92 Å². The lowest BCUT2D eigenvalue weighted by Gasteiger charge is -2.34. The van der Waals surface area contributed by atoms with Crippen molar-refractivity contribution in [1.82, 2.24) is 10.2 Å². The number of furan rings is 1. The van der Waals surface area contributed by atoms with Crippen molar-refractivity contribution in [3.63, 3.8) is 0 Å². The smallest absolute Gasteiger partial charge is 0.121 e. The Labute approximate surface area is 141 Å². The second-order valence-corrected chi connectivity index (χ2v) is 6.16. The zero-order valence-corrected chi connectivity index (χ0v) is 15.3. The van der Waals surface area contributed by atoms with Crippen LogP contribution in [0.15, 0.2) is 10.5 Å². The van der Waals surface area contributed by atoms with Gasteiger partial charge in [-0.15, -0.1) is 24.8 Å². The minimum Gasteiger partial charge on any atom is -0.464 e. The van der Waals surface area contributed by atoms with E-state index in [0.717, 1.165) is 43.6 Å². The molecule has 0 aromatic carbocycles. The fourth-order valence-electron chi connectivity index (χ4n) is 2.76. The lowest BCUT2D eigenvalue weighted by Crippen LogP contribution is -2.45. The van der Waals surface area contributed by atoms with Crippen molar-refractivity contribution >= 4 is 24.8 Å². The van der Waals surface area contributed by atoms with Crippen molar-refractivity contribution in [2.75, 3.05) is 26.2 Å². The number of nitrogens with one attached hydrogen (secondary N) is 1. The van der Waals surface area contributed by atoms with Gasteiger partial charge in [-0.2, -0.15) is 0 Å². The van der Waals surface area contributed by atoms with Gasteiger partial charge in [0, 0.05) is 26.2 Å². The average Bonchev–Trinajstić information content (AvgIpc) is 2.70. The summed E-state index contributed by atoms with van der Waals surface area (Å²) in [5.74, 6) is 2.99. The van der Waals surface area contributed by atoms with Gasteiger partial charge >= 0.3 is 0 Å². The first-order valence-corrected chi connectivity index (χ1v) is 7.59. The highest BCUT2D eigenvalue weighted by atomic mass is 35.5. The number of hydrogen-bond acceptors (Lipinski definition) is 3. The van der Waals surface area contributed by atoms with Crippen LogP contribution in [0.1, 0.15) is 49.8 Å². The number of piperazine rings is 1. The zero-order chi connectivity index (χ0) is 13.8. The standard InChI is InChI=1S/C16H28N2O.2ClH/c1-12(2)5-6-15(18-9-7-17-8-10-18)16-11-13(3)14(4)19-16;;/h11-12,15,17H,5-10H2,1-4H3;2*1H/t15-;;/m1../s1. The van der Waals surface area contributed by atoms with Crippen molar-refractivity contribution < 1.29 is 4.42 Å². The van der Waals surface area contributed by atoms with E-state index in [1.54, 1.807) is 0 Å². The third kappa shape index (κ3) is 5.82. The molecule has 0 aliphatic carbocycles. The number of rotatable bonds is 5. The SMILES string of the molecule is Cc1cc([C@@H](CCC(C)C)N2CCNCC2)oc1C.Cl.Cl. The maximum Gasteiger partial charge on any atom is 0.121 e. The van der Waals surface area contributed by atoms with Gasteiger partial charge in [0.2, 0.25) is 0 Å².